The van der Waals surface area contributed by atoms with Gasteiger partial charge in [0, 0.05) is 28.1 Å². The van der Waals surface area contributed by atoms with Gasteiger partial charge in [-0.3, -0.25) is 4.79 Å². The number of ether oxygens (including phenoxy) is 1. The zero-order valence-electron chi connectivity index (χ0n) is 17.2. The van der Waals surface area contributed by atoms with E-state index in [2.05, 4.69) is 41.9 Å². The zero-order valence-corrected chi connectivity index (χ0v) is 18.8. The number of rotatable bonds is 6. The molecular formula is C25H21ClN2O2S. The number of methoxy groups -OCH3 is 1. The van der Waals surface area contributed by atoms with Crippen molar-refractivity contribution in [3.05, 3.63) is 93.8 Å². The third-order valence-corrected chi connectivity index (χ3v) is 6.04. The van der Waals surface area contributed by atoms with E-state index >= 15 is 0 Å². The summed E-state index contributed by atoms with van der Waals surface area (Å²) in [5.41, 5.74) is 5.78. The third-order valence-electron chi connectivity index (χ3n) is 4.91. The number of aromatic nitrogens is 1. The minimum atomic E-state index is -0.230. The van der Waals surface area contributed by atoms with E-state index in [4.69, 9.17) is 21.3 Å². The number of hydrogen-bond acceptors (Lipinski definition) is 4. The molecule has 0 saturated carbocycles. The van der Waals surface area contributed by atoms with E-state index in [0.717, 1.165) is 27.4 Å². The first-order valence-electron chi connectivity index (χ1n) is 9.77. The Morgan fingerprint density at radius 1 is 1.03 bits per heavy atom. The standard InChI is InChI=1S/C25H21ClN2O2S/c1-16-3-7-18(8-4-16)22-15-31-25(28-22)19-9-5-17(6-10-19)14-27-24(29)21-13-20(26)11-12-23(21)30-2/h3-13,15H,14H2,1-2H3,(H,27,29). The van der Waals surface area contributed by atoms with Crippen LogP contribution in [0.15, 0.2) is 72.1 Å². The lowest BCUT2D eigenvalue weighted by Gasteiger charge is -2.10. The second-order valence-corrected chi connectivity index (χ2v) is 8.42. The highest BCUT2D eigenvalue weighted by Crippen LogP contribution is 2.29. The molecule has 156 valence electrons. The molecule has 6 heteroatoms. The fraction of sp³-hybridized carbons (Fsp3) is 0.120. The van der Waals surface area contributed by atoms with Gasteiger partial charge in [0.25, 0.3) is 5.91 Å². The molecule has 0 bridgehead atoms. The van der Waals surface area contributed by atoms with Crippen LogP contribution in [0.1, 0.15) is 21.5 Å². The minimum Gasteiger partial charge on any atom is -0.496 e. The Bertz CT molecular complexity index is 1200. The molecule has 0 aliphatic heterocycles. The van der Waals surface area contributed by atoms with Gasteiger partial charge in [-0.1, -0.05) is 65.7 Å². The fourth-order valence-electron chi connectivity index (χ4n) is 3.16. The maximum absolute atomic E-state index is 12.5. The van der Waals surface area contributed by atoms with Crippen LogP contribution in [-0.2, 0) is 6.54 Å². The largest absolute Gasteiger partial charge is 0.496 e. The third kappa shape index (κ3) is 4.95. The molecule has 31 heavy (non-hydrogen) atoms. The summed E-state index contributed by atoms with van der Waals surface area (Å²) in [6, 6.07) is 21.4. The molecule has 0 fully saturated rings. The highest BCUT2D eigenvalue weighted by molar-refractivity contribution is 7.13. The van der Waals surface area contributed by atoms with Crippen molar-refractivity contribution in [1.29, 1.82) is 0 Å². The van der Waals surface area contributed by atoms with Crippen molar-refractivity contribution in [2.24, 2.45) is 0 Å². The van der Waals surface area contributed by atoms with Crippen LogP contribution in [0.5, 0.6) is 5.75 Å². The Morgan fingerprint density at radius 3 is 2.45 bits per heavy atom. The van der Waals surface area contributed by atoms with E-state index < -0.39 is 0 Å². The molecule has 1 amide bonds. The Hall–Kier alpha value is -3.15. The fourth-order valence-corrected chi connectivity index (χ4v) is 4.17. The zero-order chi connectivity index (χ0) is 21.8. The maximum Gasteiger partial charge on any atom is 0.255 e. The molecule has 1 aromatic heterocycles. The molecule has 1 N–H and O–H groups in total. The number of thiazole rings is 1. The van der Waals surface area contributed by atoms with Crippen molar-refractivity contribution < 1.29 is 9.53 Å². The molecule has 0 aliphatic carbocycles. The number of benzene rings is 3. The van der Waals surface area contributed by atoms with Crippen molar-refractivity contribution in [3.8, 4) is 27.6 Å². The van der Waals surface area contributed by atoms with Crippen LogP contribution in [0, 0.1) is 6.92 Å². The Morgan fingerprint density at radius 2 is 1.74 bits per heavy atom. The van der Waals surface area contributed by atoms with Gasteiger partial charge in [-0.25, -0.2) is 4.98 Å². The van der Waals surface area contributed by atoms with Crippen LogP contribution in [-0.4, -0.2) is 18.0 Å². The average Bonchev–Trinajstić information content (AvgIpc) is 3.28. The summed E-state index contributed by atoms with van der Waals surface area (Å²) in [6.07, 6.45) is 0. The van der Waals surface area contributed by atoms with Gasteiger partial charge in [0.1, 0.15) is 10.8 Å². The Kier molecular flexibility index (Phi) is 6.35. The second-order valence-electron chi connectivity index (χ2n) is 7.13. The van der Waals surface area contributed by atoms with Gasteiger partial charge in [-0.2, -0.15) is 0 Å². The Labute approximate surface area is 190 Å². The monoisotopic (exact) mass is 448 g/mol. The summed E-state index contributed by atoms with van der Waals surface area (Å²) >= 11 is 7.64. The van der Waals surface area contributed by atoms with E-state index in [1.807, 2.05) is 24.3 Å². The lowest BCUT2D eigenvalue weighted by molar-refractivity contribution is 0.0948. The number of nitrogens with zero attached hydrogens (tertiary/aromatic N) is 1. The lowest BCUT2D eigenvalue weighted by Crippen LogP contribution is -2.23. The van der Waals surface area contributed by atoms with Crippen LogP contribution >= 0.6 is 22.9 Å². The van der Waals surface area contributed by atoms with Crippen LogP contribution in [0.25, 0.3) is 21.8 Å². The second kappa shape index (κ2) is 9.33. The molecular weight excluding hydrogens is 428 g/mol. The van der Waals surface area contributed by atoms with Gasteiger partial charge in [0.2, 0.25) is 0 Å². The van der Waals surface area contributed by atoms with E-state index in [1.54, 1.807) is 29.5 Å². The topological polar surface area (TPSA) is 51.2 Å². The number of amides is 1. The quantitative estimate of drug-likeness (QED) is 0.372. The average molecular weight is 449 g/mol. The molecule has 0 spiro atoms. The number of carbonyl (C=O) groups is 1. The predicted molar refractivity (Wildman–Crippen MR) is 127 cm³/mol. The summed E-state index contributed by atoms with van der Waals surface area (Å²) in [4.78, 5) is 17.3. The van der Waals surface area contributed by atoms with E-state index in [-0.39, 0.29) is 5.91 Å². The van der Waals surface area contributed by atoms with Gasteiger partial charge in [0.05, 0.1) is 18.4 Å². The molecule has 1 heterocycles. The minimum absolute atomic E-state index is 0.230. The Balaban J connectivity index is 1.43. The normalized spacial score (nSPS) is 10.7. The highest BCUT2D eigenvalue weighted by Gasteiger charge is 2.13. The van der Waals surface area contributed by atoms with Crippen molar-refractivity contribution in [3.63, 3.8) is 0 Å². The van der Waals surface area contributed by atoms with Gasteiger partial charge < -0.3 is 10.1 Å². The predicted octanol–water partition coefficient (Wildman–Crippen LogP) is 6.38. The number of aryl methyl sites for hydroxylation is 1. The SMILES string of the molecule is COc1ccc(Cl)cc1C(=O)NCc1ccc(-c2nc(-c3ccc(C)cc3)cs2)cc1. The first-order chi connectivity index (χ1) is 15.0. The lowest BCUT2D eigenvalue weighted by atomic mass is 10.1. The number of nitrogens with one attached hydrogen (secondary N) is 1. The number of halogens is 1. The highest BCUT2D eigenvalue weighted by atomic mass is 35.5. The number of carbonyl (C=O) groups excluding carboxylic acids is 1. The molecule has 0 aliphatic rings. The van der Waals surface area contributed by atoms with E-state index in [1.165, 1.54) is 12.7 Å². The van der Waals surface area contributed by atoms with Gasteiger partial charge in [0.15, 0.2) is 0 Å². The molecule has 4 rings (SSSR count). The first-order valence-corrected chi connectivity index (χ1v) is 11.0. The molecule has 4 aromatic rings. The summed E-state index contributed by atoms with van der Waals surface area (Å²) in [5.74, 6) is 0.261. The molecule has 0 radical (unpaired) electrons. The van der Waals surface area contributed by atoms with Crippen molar-refractivity contribution in [2.45, 2.75) is 13.5 Å². The van der Waals surface area contributed by atoms with E-state index in [9.17, 15) is 4.79 Å². The van der Waals surface area contributed by atoms with Crippen molar-refractivity contribution in [2.75, 3.05) is 7.11 Å². The summed E-state index contributed by atoms with van der Waals surface area (Å²) in [7, 11) is 1.53. The van der Waals surface area contributed by atoms with Gasteiger partial charge in [-0.05, 0) is 30.7 Å². The van der Waals surface area contributed by atoms with Crippen molar-refractivity contribution in [1.82, 2.24) is 10.3 Å². The molecule has 0 atom stereocenters. The number of hydrogen-bond donors (Lipinski definition) is 1. The smallest absolute Gasteiger partial charge is 0.255 e. The van der Waals surface area contributed by atoms with E-state index in [0.29, 0.717) is 22.9 Å². The maximum atomic E-state index is 12.5. The van der Waals surface area contributed by atoms with Gasteiger partial charge in [-0.15, -0.1) is 11.3 Å². The van der Waals surface area contributed by atoms with Crippen LogP contribution in [0.2, 0.25) is 5.02 Å². The van der Waals surface area contributed by atoms with Crippen LogP contribution < -0.4 is 10.1 Å². The molecule has 0 unspecified atom stereocenters. The van der Waals surface area contributed by atoms with Crippen LogP contribution in [0.3, 0.4) is 0 Å². The van der Waals surface area contributed by atoms with Gasteiger partial charge >= 0.3 is 0 Å². The molecule has 0 saturated heterocycles. The first kappa shape index (κ1) is 21.1. The molecule has 3 aromatic carbocycles. The summed E-state index contributed by atoms with van der Waals surface area (Å²) < 4.78 is 5.25. The van der Waals surface area contributed by atoms with Crippen molar-refractivity contribution >= 4 is 28.8 Å². The van der Waals surface area contributed by atoms with Crippen LogP contribution in [0.4, 0.5) is 0 Å². The molecule has 4 nitrogen and oxygen atoms in total. The summed E-state index contributed by atoms with van der Waals surface area (Å²) in [5, 5.41) is 6.45. The summed E-state index contributed by atoms with van der Waals surface area (Å²) in [6.45, 7) is 2.48.